The molecule has 2 aliphatic rings. The molecule has 1 atom stereocenters. The van der Waals surface area contributed by atoms with Crippen LogP contribution in [0.25, 0.3) is 0 Å². The molecule has 0 spiro atoms. The van der Waals surface area contributed by atoms with Gasteiger partial charge in [0.05, 0.1) is 13.7 Å². The van der Waals surface area contributed by atoms with Crippen molar-refractivity contribution >= 4 is 23.8 Å². The van der Waals surface area contributed by atoms with Crippen LogP contribution in [0.2, 0.25) is 0 Å². The topological polar surface area (TPSA) is 124 Å². The largest absolute Gasteiger partial charge is 0.497 e. The van der Waals surface area contributed by atoms with Crippen LogP contribution in [0.4, 0.5) is 4.79 Å². The minimum Gasteiger partial charge on any atom is -0.497 e. The Morgan fingerprint density at radius 3 is 2.35 bits per heavy atom. The Morgan fingerprint density at radius 2 is 1.76 bits per heavy atom. The molecule has 1 aromatic heterocycles. The second kappa shape index (κ2) is 9.18. The molecule has 2 fully saturated rings. The van der Waals surface area contributed by atoms with E-state index >= 15 is 0 Å². The van der Waals surface area contributed by atoms with Crippen molar-refractivity contribution in [3.05, 3.63) is 53.5 Å². The highest BCUT2D eigenvalue weighted by molar-refractivity contribution is 6.08. The first-order valence-corrected chi connectivity index (χ1v) is 10.9. The molecule has 0 bridgehead atoms. The van der Waals surface area contributed by atoms with Crippen molar-refractivity contribution in [1.82, 2.24) is 25.6 Å². The number of rotatable bonds is 6. The number of nitrogens with one attached hydrogen (secondary N) is 2. The first kappa shape index (κ1) is 23.3. The molecule has 11 nitrogen and oxygen atoms in total. The molecular weight excluding hydrogens is 442 g/mol. The zero-order valence-electron chi connectivity index (χ0n) is 19.3. The zero-order chi connectivity index (χ0) is 24.5. The maximum absolute atomic E-state index is 13.0. The quantitative estimate of drug-likeness (QED) is 0.601. The number of furan rings is 1. The van der Waals surface area contributed by atoms with E-state index < -0.39 is 23.4 Å². The number of hydrogen-bond donors (Lipinski definition) is 2. The van der Waals surface area contributed by atoms with E-state index in [0.717, 1.165) is 0 Å². The fourth-order valence-electron chi connectivity index (χ4n) is 4.04. The molecule has 2 saturated heterocycles. The number of methoxy groups -OCH3 is 1. The van der Waals surface area contributed by atoms with Gasteiger partial charge >= 0.3 is 6.03 Å². The van der Waals surface area contributed by atoms with Crippen molar-refractivity contribution in [2.75, 3.05) is 39.8 Å². The van der Waals surface area contributed by atoms with E-state index in [2.05, 4.69) is 10.7 Å². The van der Waals surface area contributed by atoms with Crippen molar-refractivity contribution in [2.45, 2.75) is 19.4 Å². The molecule has 1 aromatic carbocycles. The van der Waals surface area contributed by atoms with Gasteiger partial charge in [-0.1, -0.05) is 12.1 Å². The second-order valence-corrected chi connectivity index (χ2v) is 8.44. The summed E-state index contributed by atoms with van der Waals surface area (Å²) in [5.74, 6) is 0.318. The molecule has 0 radical (unpaired) electrons. The Labute approximate surface area is 196 Å². The van der Waals surface area contributed by atoms with Gasteiger partial charge in [0.2, 0.25) is 0 Å². The summed E-state index contributed by atoms with van der Waals surface area (Å²) in [6, 6.07) is 9.44. The molecule has 1 unspecified atom stereocenters. The number of benzene rings is 1. The van der Waals surface area contributed by atoms with Crippen molar-refractivity contribution in [1.29, 1.82) is 0 Å². The number of urea groups is 1. The number of ether oxygens (including phenoxy) is 1. The van der Waals surface area contributed by atoms with Gasteiger partial charge in [0.15, 0.2) is 5.76 Å². The van der Waals surface area contributed by atoms with Gasteiger partial charge in [0.25, 0.3) is 17.7 Å². The van der Waals surface area contributed by atoms with Gasteiger partial charge in [-0.05, 0) is 43.7 Å². The lowest BCUT2D eigenvalue weighted by Gasteiger charge is -2.34. The SMILES string of the molecule is COc1ccc(C2(C)NC(=O)N(NC(=O)CN3CCN(C(=O)c4ccc(C)o4)CC3)C2=O)cc1. The number of hydrazine groups is 1. The van der Waals surface area contributed by atoms with Gasteiger partial charge < -0.3 is 19.4 Å². The molecule has 0 saturated carbocycles. The van der Waals surface area contributed by atoms with E-state index in [-0.39, 0.29) is 12.5 Å². The monoisotopic (exact) mass is 469 g/mol. The summed E-state index contributed by atoms with van der Waals surface area (Å²) < 4.78 is 10.5. The van der Waals surface area contributed by atoms with Crippen LogP contribution in [0.15, 0.2) is 40.8 Å². The first-order chi connectivity index (χ1) is 16.2. The Bertz CT molecular complexity index is 1110. The van der Waals surface area contributed by atoms with Crippen molar-refractivity contribution < 1.29 is 28.3 Å². The van der Waals surface area contributed by atoms with Gasteiger partial charge in [0, 0.05) is 26.2 Å². The third-order valence-corrected chi connectivity index (χ3v) is 6.07. The third-order valence-electron chi connectivity index (χ3n) is 6.07. The van der Waals surface area contributed by atoms with Gasteiger partial charge in [-0.2, -0.15) is 5.01 Å². The van der Waals surface area contributed by atoms with E-state index in [1.807, 2.05) is 4.90 Å². The van der Waals surface area contributed by atoms with Gasteiger partial charge in [-0.3, -0.25) is 24.7 Å². The molecule has 11 heteroatoms. The van der Waals surface area contributed by atoms with Crippen LogP contribution < -0.4 is 15.5 Å². The molecule has 3 heterocycles. The summed E-state index contributed by atoms with van der Waals surface area (Å²) in [7, 11) is 1.54. The number of aryl methyl sites for hydroxylation is 1. The van der Waals surface area contributed by atoms with E-state index in [1.54, 1.807) is 55.1 Å². The summed E-state index contributed by atoms with van der Waals surface area (Å²) in [5.41, 5.74) is 1.66. The van der Waals surface area contributed by atoms with Crippen LogP contribution in [0.1, 0.15) is 28.8 Å². The molecule has 34 heavy (non-hydrogen) atoms. The lowest BCUT2D eigenvalue weighted by molar-refractivity contribution is -0.139. The molecule has 2 N–H and O–H groups in total. The van der Waals surface area contributed by atoms with Gasteiger partial charge in [0.1, 0.15) is 17.0 Å². The van der Waals surface area contributed by atoms with Crippen LogP contribution in [0.3, 0.4) is 0 Å². The fourth-order valence-corrected chi connectivity index (χ4v) is 4.04. The molecule has 2 aliphatic heterocycles. The number of carbonyl (C=O) groups is 4. The summed E-state index contributed by atoms with van der Waals surface area (Å²) in [6.07, 6.45) is 0. The normalized spacial score (nSPS) is 20.9. The second-order valence-electron chi connectivity index (χ2n) is 8.44. The lowest BCUT2D eigenvalue weighted by atomic mass is 9.92. The summed E-state index contributed by atoms with van der Waals surface area (Å²) in [5, 5.41) is 3.36. The highest BCUT2D eigenvalue weighted by Gasteiger charge is 2.50. The molecule has 180 valence electrons. The maximum Gasteiger partial charge on any atom is 0.344 e. The van der Waals surface area contributed by atoms with E-state index in [4.69, 9.17) is 9.15 Å². The summed E-state index contributed by atoms with van der Waals surface area (Å²) in [4.78, 5) is 54.1. The van der Waals surface area contributed by atoms with Crippen LogP contribution in [-0.2, 0) is 15.1 Å². The van der Waals surface area contributed by atoms with Crippen LogP contribution >= 0.6 is 0 Å². The predicted octanol–water partition coefficient (Wildman–Crippen LogP) is 0.853. The molecular formula is C23H27N5O6. The zero-order valence-corrected chi connectivity index (χ0v) is 19.3. The lowest BCUT2D eigenvalue weighted by Crippen LogP contribution is -2.54. The number of piperazine rings is 1. The maximum atomic E-state index is 13.0. The summed E-state index contributed by atoms with van der Waals surface area (Å²) in [6.45, 7) is 5.16. The first-order valence-electron chi connectivity index (χ1n) is 10.9. The average molecular weight is 469 g/mol. The number of hydrogen-bond acceptors (Lipinski definition) is 7. The number of amides is 5. The van der Waals surface area contributed by atoms with E-state index in [0.29, 0.717) is 54.0 Å². The molecule has 4 rings (SSSR count). The number of imide groups is 1. The molecule has 5 amide bonds. The van der Waals surface area contributed by atoms with E-state index in [9.17, 15) is 19.2 Å². The Hall–Kier alpha value is -3.86. The van der Waals surface area contributed by atoms with Crippen molar-refractivity contribution in [2.24, 2.45) is 0 Å². The number of nitrogens with zero attached hydrogens (tertiary/aromatic N) is 3. The van der Waals surface area contributed by atoms with Gasteiger partial charge in [-0.25, -0.2) is 4.79 Å². The van der Waals surface area contributed by atoms with Crippen molar-refractivity contribution in [3.63, 3.8) is 0 Å². The Balaban J connectivity index is 1.31. The highest BCUT2D eigenvalue weighted by Crippen LogP contribution is 2.29. The van der Waals surface area contributed by atoms with Crippen molar-refractivity contribution in [3.8, 4) is 5.75 Å². The number of carbonyl (C=O) groups excluding carboxylic acids is 4. The summed E-state index contributed by atoms with van der Waals surface area (Å²) >= 11 is 0. The van der Waals surface area contributed by atoms with Crippen LogP contribution in [0.5, 0.6) is 5.75 Å². The smallest absolute Gasteiger partial charge is 0.344 e. The minimum absolute atomic E-state index is 0.0157. The van der Waals surface area contributed by atoms with E-state index in [1.165, 1.54) is 7.11 Å². The molecule has 2 aromatic rings. The molecule has 0 aliphatic carbocycles. The Morgan fingerprint density at radius 1 is 1.09 bits per heavy atom. The standard InChI is InChI=1S/C23H27N5O6/c1-15-4-9-18(34-15)20(30)27-12-10-26(11-13-27)14-19(29)25-28-21(31)23(2,24-22(28)32)16-5-7-17(33-3)8-6-16/h4-9H,10-14H2,1-3H3,(H,24,32)(H,25,29). The van der Waals surface area contributed by atoms with Crippen LogP contribution in [-0.4, -0.2) is 78.4 Å². The fraction of sp³-hybridized carbons (Fsp3) is 0.391. The minimum atomic E-state index is -1.31. The van der Waals surface area contributed by atoms with Gasteiger partial charge in [-0.15, -0.1) is 0 Å². The predicted molar refractivity (Wildman–Crippen MR) is 120 cm³/mol. The average Bonchev–Trinajstić information content (AvgIpc) is 3.36. The Kier molecular flexibility index (Phi) is 6.29. The third kappa shape index (κ3) is 4.46. The highest BCUT2D eigenvalue weighted by atomic mass is 16.5. The van der Waals surface area contributed by atoms with Crippen LogP contribution in [0, 0.1) is 6.92 Å².